The van der Waals surface area contributed by atoms with Gasteiger partial charge in [0.1, 0.15) is 12.2 Å². The first-order chi connectivity index (χ1) is 16.6. The van der Waals surface area contributed by atoms with Crippen molar-refractivity contribution < 1.29 is 19.1 Å². The maximum atomic E-state index is 13.2. The minimum absolute atomic E-state index is 0.218. The number of nitrogens with zero attached hydrogens (tertiary/aromatic N) is 1. The van der Waals surface area contributed by atoms with Crippen LogP contribution in [0.2, 0.25) is 10.0 Å². The molecule has 1 saturated heterocycles. The Labute approximate surface area is 213 Å². The molecule has 178 valence electrons. The van der Waals surface area contributed by atoms with Crippen LogP contribution in [0.4, 0.5) is 10.5 Å². The Hall–Kier alpha value is -3.61. The zero-order valence-electron chi connectivity index (χ0n) is 19.3. The maximum Gasteiger partial charge on any atom is 0.335 e. The third-order valence-corrected chi connectivity index (χ3v) is 5.96. The summed E-state index contributed by atoms with van der Waals surface area (Å²) >= 11 is 12.8. The highest BCUT2D eigenvalue weighted by Gasteiger charge is 2.37. The van der Waals surface area contributed by atoms with Gasteiger partial charge in [0.25, 0.3) is 11.8 Å². The summed E-state index contributed by atoms with van der Waals surface area (Å²) in [6.07, 6.45) is 1.35. The number of halogens is 2. The summed E-state index contributed by atoms with van der Waals surface area (Å²) in [7, 11) is 0. The molecule has 4 rings (SSSR count). The van der Waals surface area contributed by atoms with Crippen LogP contribution in [0.25, 0.3) is 6.08 Å². The van der Waals surface area contributed by atoms with Crippen molar-refractivity contribution in [2.75, 3.05) is 4.90 Å². The lowest BCUT2D eigenvalue weighted by molar-refractivity contribution is -0.122. The average Bonchev–Trinajstić information content (AvgIpc) is 2.76. The molecule has 0 unspecified atom stereocenters. The van der Waals surface area contributed by atoms with Crippen LogP contribution in [0.5, 0.6) is 5.75 Å². The van der Waals surface area contributed by atoms with Gasteiger partial charge in [-0.05, 0) is 73.4 Å². The molecule has 0 aromatic heterocycles. The highest BCUT2D eigenvalue weighted by atomic mass is 35.5. The molecule has 0 spiro atoms. The summed E-state index contributed by atoms with van der Waals surface area (Å²) in [5, 5.41) is 2.67. The molecule has 1 N–H and O–H groups in total. The molecule has 0 atom stereocenters. The summed E-state index contributed by atoms with van der Waals surface area (Å²) in [5.74, 6) is -1.24. The first-order valence-corrected chi connectivity index (χ1v) is 11.5. The van der Waals surface area contributed by atoms with E-state index in [1.54, 1.807) is 24.3 Å². The number of hydrogen-bond acceptors (Lipinski definition) is 4. The summed E-state index contributed by atoms with van der Waals surface area (Å²) in [4.78, 5) is 39.1. The predicted octanol–water partition coefficient (Wildman–Crippen LogP) is 6.16. The Kier molecular flexibility index (Phi) is 6.96. The Morgan fingerprint density at radius 3 is 2.06 bits per heavy atom. The van der Waals surface area contributed by atoms with E-state index in [1.165, 1.54) is 6.08 Å². The number of barbiturate groups is 1. The van der Waals surface area contributed by atoms with Crippen LogP contribution >= 0.6 is 23.2 Å². The van der Waals surface area contributed by atoms with E-state index in [4.69, 9.17) is 27.9 Å². The minimum atomic E-state index is -0.807. The smallest absolute Gasteiger partial charge is 0.335 e. The number of rotatable bonds is 5. The number of anilines is 1. The monoisotopic (exact) mass is 508 g/mol. The van der Waals surface area contributed by atoms with E-state index in [0.29, 0.717) is 17.0 Å². The SMILES string of the molecule is Cc1ccc(COc2c(Cl)cc(/C=C3\C(=O)NC(=O)N(c4cc(C)cc(C)c4)C3=O)cc2Cl)cc1. The number of carbonyl (C=O) groups is 3. The van der Waals surface area contributed by atoms with Gasteiger partial charge in [0.2, 0.25) is 0 Å². The van der Waals surface area contributed by atoms with Crippen LogP contribution in [0.15, 0.2) is 60.2 Å². The largest absolute Gasteiger partial charge is 0.486 e. The topological polar surface area (TPSA) is 75.7 Å². The summed E-state index contributed by atoms with van der Waals surface area (Å²) < 4.78 is 5.81. The molecule has 8 heteroatoms. The number of benzene rings is 3. The maximum absolute atomic E-state index is 13.2. The highest BCUT2D eigenvalue weighted by Crippen LogP contribution is 2.36. The second-order valence-electron chi connectivity index (χ2n) is 8.39. The molecule has 0 bridgehead atoms. The lowest BCUT2D eigenvalue weighted by Gasteiger charge is -2.27. The van der Waals surface area contributed by atoms with Gasteiger partial charge >= 0.3 is 6.03 Å². The van der Waals surface area contributed by atoms with Crippen molar-refractivity contribution in [2.24, 2.45) is 0 Å². The summed E-state index contributed by atoms with van der Waals surface area (Å²) in [6, 6.07) is 15.5. The van der Waals surface area contributed by atoms with E-state index in [0.717, 1.165) is 27.2 Å². The van der Waals surface area contributed by atoms with E-state index in [-0.39, 0.29) is 22.2 Å². The van der Waals surface area contributed by atoms with Crippen molar-refractivity contribution in [3.63, 3.8) is 0 Å². The van der Waals surface area contributed by atoms with E-state index >= 15 is 0 Å². The molecule has 1 aliphatic heterocycles. The van der Waals surface area contributed by atoms with Crippen molar-refractivity contribution in [2.45, 2.75) is 27.4 Å². The van der Waals surface area contributed by atoms with Gasteiger partial charge in [0, 0.05) is 0 Å². The van der Waals surface area contributed by atoms with E-state index in [9.17, 15) is 14.4 Å². The molecule has 1 heterocycles. The zero-order chi connectivity index (χ0) is 25.3. The van der Waals surface area contributed by atoms with Crippen molar-refractivity contribution in [1.82, 2.24) is 5.32 Å². The molecular formula is C27H22Cl2N2O4. The zero-order valence-corrected chi connectivity index (χ0v) is 20.8. The lowest BCUT2D eigenvalue weighted by Crippen LogP contribution is -2.54. The number of ether oxygens (including phenoxy) is 1. The Bertz CT molecular complexity index is 1340. The fourth-order valence-electron chi connectivity index (χ4n) is 3.78. The Balaban J connectivity index is 1.62. The minimum Gasteiger partial charge on any atom is -0.486 e. The second-order valence-corrected chi connectivity index (χ2v) is 9.21. The molecule has 1 fully saturated rings. The first kappa shape index (κ1) is 24.5. The molecule has 6 nitrogen and oxygen atoms in total. The molecule has 1 aliphatic rings. The van der Waals surface area contributed by atoms with Gasteiger partial charge in [-0.1, -0.05) is 59.1 Å². The van der Waals surface area contributed by atoms with Gasteiger partial charge in [-0.15, -0.1) is 0 Å². The first-order valence-electron chi connectivity index (χ1n) is 10.8. The molecule has 3 aromatic carbocycles. The second kappa shape index (κ2) is 9.94. The third-order valence-electron chi connectivity index (χ3n) is 5.40. The van der Waals surface area contributed by atoms with Crippen LogP contribution in [-0.4, -0.2) is 17.8 Å². The molecule has 0 saturated carbocycles. The van der Waals surface area contributed by atoms with Gasteiger partial charge in [0.05, 0.1) is 15.7 Å². The van der Waals surface area contributed by atoms with Crippen LogP contribution in [0.1, 0.15) is 27.8 Å². The molecule has 35 heavy (non-hydrogen) atoms. The molecule has 3 aromatic rings. The third kappa shape index (κ3) is 5.39. The van der Waals surface area contributed by atoms with E-state index in [1.807, 2.05) is 51.1 Å². The lowest BCUT2D eigenvalue weighted by atomic mass is 10.1. The number of urea groups is 1. The number of amides is 4. The van der Waals surface area contributed by atoms with Crippen molar-refractivity contribution in [3.8, 4) is 5.75 Å². The quantitative estimate of drug-likeness (QED) is 0.330. The molecular weight excluding hydrogens is 487 g/mol. The van der Waals surface area contributed by atoms with E-state index < -0.39 is 17.8 Å². The predicted molar refractivity (Wildman–Crippen MR) is 137 cm³/mol. The Morgan fingerprint density at radius 1 is 0.857 bits per heavy atom. The number of hydrogen-bond donors (Lipinski definition) is 1. The van der Waals surface area contributed by atoms with Crippen LogP contribution in [0.3, 0.4) is 0 Å². The van der Waals surface area contributed by atoms with Crippen molar-refractivity contribution in [1.29, 1.82) is 0 Å². The fourth-order valence-corrected chi connectivity index (χ4v) is 4.39. The Morgan fingerprint density at radius 2 is 1.46 bits per heavy atom. The van der Waals surface area contributed by atoms with Crippen LogP contribution in [-0.2, 0) is 16.2 Å². The number of aryl methyl sites for hydroxylation is 3. The number of imide groups is 2. The summed E-state index contributed by atoms with van der Waals surface area (Å²) in [5.41, 5.74) is 4.42. The van der Waals surface area contributed by atoms with Crippen molar-refractivity contribution >= 4 is 52.8 Å². The standard InChI is InChI=1S/C27H22Cl2N2O4/c1-15-4-6-18(7-5-15)14-35-24-22(28)12-19(13-23(24)29)11-21-25(32)30-27(34)31(26(21)33)20-9-16(2)8-17(3)10-20/h4-13H,14H2,1-3H3,(H,30,32,34)/b21-11+. The molecule has 4 amide bonds. The van der Waals surface area contributed by atoms with Gasteiger partial charge in [-0.3, -0.25) is 14.9 Å². The highest BCUT2D eigenvalue weighted by molar-refractivity contribution is 6.40. The van der Waals surface area contributed by atoms with E-state index in [2.05, 4.69) is 5.32 Å². The fraction of sp³-hybridized carbons (Fsp3) is 0.148. The normalized spacial score (nSPS) is 14.9. The molecule has 0 radical (unpaired) electrons. The van der Waals surface area contributed by atoms with Gasteiger partial charge in [0.15, 0.2) is 5.75 Å². The van der Waals surface area contributed by atoms with Gasteiger partial charge in [-0.25, -0.2) is 9.69 Å². The van der Waals surface area contributed by atoms with Gasteiger partial charge < -0.3 is 4.74 Å². The van der Waals surface area contributed by atoms with Crippen molar-refractivity contribution in [3.05, 3.63) is 98.0 Å². The number of nitrogens with one attached hydrogen (secondary N) is 1. The number of carbonyl (C=O) groups excluding carboxylic acids is 3. The summed E-state index contributed by atoms with van der Waals surface area (Å²) in [6.45, 7) is 5.99. The van der Waals surface area contributed by atoms with Gasteiger partial charge in [-0.2, -0.15) is 0 Å². The average molecular weight is 509 g/mol. The van der Waals surface area contributed by atoms with Crippen LogP contribution < -0.4 is 15.0 Å². The molecule has 0 aliphatic carbocycles. The van der Waals surface area contributed by atoms with Crippen LogP contribution in [0, 0.1) is 20.8 Å².